The molecule has 23 heavy (non-hydrogen) atoms. The molecular formula is C13H23N3O6S. The van der Waals surface area contributed by atoms with Gasteiger partial charge in [0, 0.05) is 18.6 Å². The molecule has 2 unspecified atom stereocenters. The number of carbonyl (C=O) groups excluding carboxylic acids is 2. The highest BCUT2D eigenvalue weighted by atomic mass is 32.2. The Kier molecular flexibility index (Phi) is 4.76. The molecule has 2 heterocycles. The summed E-state index contributed by atoms with van der Waals surface area (Å²) in [5.41, 5.74) is -0.617. The highest BCUT2D eigenvalue weighted by Crippen LogP contribution is 2.22. The molecule has 0 spiro atoms. The minimum atomic E-state index is -3.98. The Morgan fingerprint density at radius 1 is 1.35 bits per heavy atom. The van der Waals surface area contributed by atoms with Gasteiger partial charge < -0.3 is 14.4 Å². The summed E-state index contributed by atoms with van der Waals surface area (Å²) < 4.78 is 37.5. The molecule has 0 saturated carbocycles. The zero-order valence-electron chi connectivity index (χ0n) is 13.7. The topological polar surface area (TPSA) is 105 Å². The van der Waals surface area contributed by atoms with E-state index in [4.69, 9.17) is 4.74 Å². The number of likely N-dealkylation sites (tertiary alicyclic amines) is 1. The normalized spacial score (nSPS) is 25.7. The Morgan fingerprint density at radius 2 is 2.00 bits per heavy atom. The van der Waals surface area contributed by atoms with Gasteiger partial charge in [-0.25, -0.2) is 9.59 Å². The summed E-state index contributed by atoms with van der Waals surface area (Å²) in [6.07, 6.45) is -0.915. The van der Waals surface area contributed by atoms with E-state index in [9.17, 15) is 18.0 Å². The van der Waals surface area contributed by atoms with Gasteiger partial charge in [0.2, 0.25) is 0 Å². The summed E-state index contributed by atoms with van der Waals surface area (Å²) in [6, 6.07) is -0.862. The SMILES string of the molecule is CC1C(NS(=O)(=O)N2CCOC2=O)CCN1C(=O)OC(C)(C)C. The zero-order valence-corrected chi connectivity index (χ0v) is 14.6. The molecule has 2 saturated heterocycles. The van der Waals surface area contributed by atoms with E-state index in [0.717, 1.165) is 0 Å². The summed E-state index contributed by atoms with van der Waals surface area (Å²) in [6.45, 7) is 7.47. The van der Waals surface area contributed by atoms with Gasteiger partial charge in [-0.05, 0) is 34.1 Å². The van der Waals surface area contributed by atoms with E-state index in [-0.39, 0.29) is 19.2 Å². The fourth-order valence-corrected chi connectivity index (χ4v) is 3.92. The van der Waals surface area contributed by atoms with Crippen LogP contribution in [0.15, 0.2) is 0 Å². The second kappa shape index (κ2) is 6.16. The van der Waals surface area contributed by atoms with Gasteiger partial charge in [0.25, 0.3) is 0 Å². The lowest BCUT2D eigenvalue weighted by atomic mass is 10.2. The standard InChI is InChI=1S/C13H23N3O6S/c1-9-10(5-6-15(9)11(17)22-13(2,3)4)14-23(19,20)16-7-8-21-12(16)18/h9-10,14H,5-8H2,1-4H3. The lowest BCUT2D eigenvalue weighted by Gasteiger charge is -2.29. The number of ether oxygens (including phenoxy) is 2. The first-order valence-corrected chi connectivity index (χ1v) is 8.91. The van der Waals surface area contributed by atoms with Crippen LogP contribution in [0.2, 0.25) is 0 Å². The summed E-state index contributed by atoms with van der Waals surface area (Å²) in [5.74, 6) is 0. The molecule has 2 amide bonds. The Labute approximate surface area is 136 Å². The van der Waals surface area contributed by atoms with E-state index in [1.807, 2.05) is 0 Å². The van der Waals surface area contributed by atoms with E-state index in [1.54, 1.807) is 27.7 Å². The average molecular weight is 349 g/mol. The van der Waals surface area contributed by atoms with Crippen LogP contribution in [0.3, 0.4) is 0 Å². The molecule has 2 atom stereocenters. The van der Waals surface area contributed by atoms with Crippen LogP contribution in [0.4, 0.5) is 9.59 Å². The summed E-state index contributed by atoms with van der Waals surface area (Å²) in [4.78, 5) is 25.0. The summed E-state index contributed by atoms with van der Waals surface area (Å²) in [7, 11) is -3.98. The second-order valence-electron chi connectivity index (χ2n) is 6.62. The number of nitrogens with one attached hydrogen (secondary N) is 1. The van der Waals surface area contributed by atoms with E-state index >= 15 is 0 Å². The van der Waals surface area contributed by atoms with Crippen molar-refractivity contribution in [3.8, 4) is 0 Å². The van der Waals surface area contributed by atoms with Crippen molar-refractivity contribution < 1.29 is 27.5 Å². The third kappa shape index (κ3) is 4.05. The molecule has 0 aromatic carbocycles. The molecule has 132 valence electrons. The number of hydrogen-bond acceptors (Lipinski definition) is 6. The van der Waals surface area contributed by atoms with Crippen molar-refractivity contribution >= 4 is 22.4 Å². The van der Waals surface area contributed by atoms with Gasteiger partial charge in [-0.2, -0.15) is 17.4 Å². The van der Waals surface area contributed by atoms with Gasteiger partial charge in [-0.3, -0.25) is 0 Å². The number of rotatable bonds is 3. The highest BCUT2D eigenvalue weighted by Gasteiger charge is 2.41. The van der Waals surface area contributed by atoms with E-state index in [1.165, 1.54) is 4.90 Å². The lowest BCUT2D eigenvalue weighted by Crippen LogP contribution is -2.50. The predicted octanol–water partition coefficient (Wildman–Crippen LogP) is 0.671. The average Bonchev–Trinajstić information content (AvgIpc) is 2.95. The fourth-order valence-electron chi connectivity index (χ4n) is 2.53. The van der Waals surface area contributed by atoms with Crippen LogP contribution >= 0.6 is 0 Å². The minimum Gasteiger partial charge on any atom is -0.447 e. The molecule has 2 rings (SSSR count). The van der Waals surface area contributed by atoms with Crippen molar-refractivity contribution in [2.24, 2.45) is 0 Å². The van der Waals surface area contributed by atoms with E-state index in [2.05, 4.69) is 9.46 Å². The van der Waals surface area contributed by atoms with Gasteiger partial charge in [-0.15, -0.1) is 0 Å². The van der Waals surface area contributed by atoms with Crippen LogP contribution in [0.25, 0.3) is 0 Å². The van der Waals surface area contributed by atoms with Gasteiger partial charge >= 0.3 is 22.4 Å². The molecule has 2 aliphatic rings. The molecule has 0 bridgehead atoms. The lowest BCUT2D eigenvalue weighted by molar-refractivity contribution is 0.0231. The molecule has 2 fully saturated rings. The zero-order chi connectivity index (χ0) is 17.4. The maximum absolute atomic E-state index is 12.2. The largest absolute Gasteiger partial charge is 0.447 e. The van der Waals surface area contributed by atoms with Crippen LogP contribution in [-0.4, -0.2) is 67.2 Å². The third-order valence-electron chi connectivity index (χ3n) is 3.70. The molecule has 10 heteroatoms. The molecular weight excluding hydrogens is 326 g/mol. The van der Waals surface area contributed by atoms with Crippen molar-refractivity contribution in [3.63, 3.8) is 0 Å². The van der Waals surface area contributed by atoms with Gasteiger partial charge in [0.1, 0.15) is 12.2 Å². The Bertz CT molecular complexity index is 585. The van der Waals surface area contributed by atoms with Crippen molar-refractivity contribution in [2.45, 2.75) is 51.8 Å². The number of amides is 2. The van der Waals surface area contributed by atoms with Crippen molar-refractivity contribution in [1.82, 2.24) is 13.9 Å². The van der Waals surface area contributed by atoms with Crippen LogP contribution in [0.5, 0.6) is 0 Å². The predicted molar refractivity (Wildman–Crippen MR) is 80.9 cm³/mol. The summed E-state index contributed by atoms with van der Waals surface area (Å²) >= 11 is 0. The minimum absolute atomic E-state index is 0.00888. The molecule has 0 aliphatic carbocycles. The maximum atomic E-state index is 12.2. The van der Waals surface area contributed by atoms with Crippen LogP contribution in [0.1, 0.15) is 34.1 Å². The molecule has 0 aromatic heterocycles. The quantitative estimate of drug-likeness (QED) is 0.803. The Morgan fingerprint density at radius 3 is 2.52 bits per heavy atom. The third-order valence-corrected chi connectivity index (χ3v) is 5.21. The van der Waals surface area contributed by atoms with Crippen LogP contribution < -0.4 is 4.72 Å². The molecule has 0 aromatic rings. The van der Waals surface area contributed by atoms with Crippen molar-refractivity contribution in [3.05, 3.63) is 0 Å². The van der Waals surface area contributed by atoms with E-state index < -0.39 is 34.0 Å². The van der Waals surface area contributed by atoms with Crippen LogP contribution in [0, 0.1) is 0 Å². The fraction of sp³-hybridized carbons (Fsp3) is 0.846. The number of nitrogens with zero attached hydrogens (tertiary/aromatic N) is 2. The molecule has 0 radical (unpaired) electrons. The van der Waals surface area contributed by atoms with Gasteiger partial charge in [-0.1, -0.05) is 0 Å². The highest BCUT2D eigenvalue weighted by molar-refractivity contribution is 7.87. The summed E-state index contributed by atoms with van der Waals surface area (Å²) in [5, 5.41) is 0. The van der Waals surface area contributed by atoms with Crippen molar-refractivity contribution in [1.29, 1.82) is 0 Å². The van der Waals surface area contributed by atoms with Crippen molar-refractivity contribution in [2.75, 3.05) is 19.7 Å². The van der Waals surface area contributed by atoms with Crippen LogP contribution in [-0.2, 0) is 19.7 Å². The van der Waals surface area contributed by atoms with Gasteiger partial charge in [0.05, 0.1) is 6.54 Å². The smallest absolute Gasteiger partial charge is 0.424 e. The second-order valence-corrected chi connectivity index (χ2v) is 8.25. The Balaban J connectivity index is 2.00. The van der Waals surface area contributed by atoms with E-state index in [0.29, 0.717) is 17.3 Å². The number of carbonyl (C=O) groups is 2. The number of hydrogen-bond donors (Lipinski definition) is 1. The molecule has 9 nitrogen and oxygen atoms in total. The van der Waals surface area contributed by atoms with Gasteiger partial charge in [0.15, 0.2) is 0 Å². The molecule has 1 N–H and O–H groups in total. The monoisotopic (exact) mass is 349 g/mol. The maximum Gasteiger partial charge on any atom is 0.424 e. The first-order valence-electron chi connectivity index (χ1n) is 7.47. The Hall–Kier alpha value is -1.55. The first kappa shape index (κ1) is 17.8. The first-order chi connectivity index (χ1) is 10.5. The molecule has 2 aliphatic heterocycles. The number of cyclic esters (lactones) is 1.